The van der Waals surface area contributed by atoms with Crippen LogP contribution in [0.3, 0.4) is 0 Å². The Morgan fingerprint density at radius 1 is 1.04 bits per heavy atom. The Bertz CT molecular complexity index is 729. The van der Waals surface area contributed by atoms with E-state index in [1.165, 1.54) is 0 Å². The highest BCUT2D eigenvalue weighted by atomic mass is 16.2. The lowest BCUT2D eigenvalue weighted by Gasteiger charge is -2.23. The molecule has 0 aliphatic heterocycles. The van der Waals surface area contributed by atoms with Crippen LogP contribution in [0.25, 0.3) is 0 Å². The molecule has 0 bridgehead atoms. The second-order valence-electron chi connectivity index (χ2n) is 6.60. The van der Waals surface area contributed by atoms with E-state index in [9.17, 15) is 9.59 Å². The third-order valence-corrected chi connectivity index (χ3v) is 4.59. The predicted molar refractivity (Wildman–Crippen MR) is 110 cm³/mol. The molecule has 0 radical (unpaired) electrons. The van der Waals surface area contributed by atoms with Crippen LogP contribution in [0.1, 0.15) is 42.6 Å². The number of nitrogens with one attached hydrogen (secondary N) is 1. The number of hydrogen-bond donors (Lipinski definition) is 2. The first-order valence-electron chi connectivity index (χ1n) is 9.54. The van der Waals surface area contributed by atoms with Crippen molar-refractivity contribution in [2.75, 3.05) is 18.0 Å². The zero-order valence-electron chi connectivity index (χ0n) is 16.2. The molecule has 2 amide bonds. The number of carbonyl (C=O) groups is 2. The number of unbranched alkanes of at least 4 members (excludes halogenated alkanes) is 1. The molecule has 3 N–H and O–H groups in total. The van der Waals surface area contributed by atoms with Gasteiger partial charge in [0.1, 0.15) is 6.04 Å². The second-order valence-corrected chi connectivity index (χ2v) is 6.60. The van der Waals surface area contributed by atoms with Gasteiger partial charge in [-0.2, -0.15) is 0 Å². The standard InChI is InChI=1S/C22H29N3O2/c1-3-5-15-25(4-2)19-13-11-18(12-14-19)22(27)24-20(21(23)26)16-17-9-7-6-8-10-17/h6-14,20H,3-5,15-16H2,1-2H3,(H2,23,26)(H,24,27). The summed E-state index contributed by atoms with van der Waals surface area (Å²) in [5.41, 5.74) is 8.04. The molecule has 0 saturated carbocycles. The summed E-state index contributed by atoms with van der Waals surface area (Å²) in [6.45, 7) is 6.22. The molecule has 27 heavy (non-hydrogen) atoms. The van der Waals surface area contributed by atoms with Gasteiger partial charge < -0.3 is 16.0 Å². The molecule has 2 aromatic rings. The van der Waals surface area contributed by atoms with Crippen LogP contribution in [0.15, 0.2) is 54.6 Å². The highest BCUT2D eigenvalue weighted by Crippen LogP contribution is 2.16. The van der Waals surface area contributed by atoms with E-state index in [1.54, 1.807) is 12.1 Å². The summed E-state index contributed by atoms with van der Waals surface area (Å²) in [4.78, 5) is 26.6. The quantitative estimate of drug-likeness (QED) is 0.677. The van der Waals surface area contributed by atoms with E-state index in [0.29, 0.717) is 12.0 Å². The minimum atomic E-state index is -0.740. The van der Waals surface area contributed by atoms with Crippen molar-refractivity contribution < 1.29 is 9.59 Å². The van der Waals surface area contributed by atoms with Crippen LogP contribution in [0.2, 0.25) is 0 Å². The molecular formula is C22H29N3O2. The maximum atomic E-state index is 12.5. The van der Waals surface area contributed by atoms with Gasteiger partial charge in [0.15, 0.2) is 0 Å². The molecule has 0 heterocycles. The highest BCUT2D eigenvalue weighted by molar-refractivity contribution is 5.97. The molecule has 0 saturated heterocycles. The maximum absolute atomic E-state index is 12.5. The van der Waals surface area contributed by atoms with E-state index in [1.807, 2.05) is 42.5 Å². The molecule has 2 rings (SSSR count). The van der Waals surface area contributed by atoms with Gasteiger partial charge in [-0.1, -0.05) is 43.7 Å². The number of primary amides is 1. The largest absolute Gasteiger partial charge is 0.372 e. The first-order valence-corrected chi connectivity index (χ1v) is 9.54. The summed E-state index contributed by atoms with van der Waals surface area (Å²) in [5.74, 6) is -0.835. The van der Waals surface area contributed by atoms with Crippen molar-refractivity contribution in [2.45, 2.75) is 39.2 Å². The van der Waals surface area contributed by atoms with E-state index in [-0.39, 0.29) is 5.91 Å². The monoisotopic (exact) mass is 367 g/mol. The molecular weight excluding hydrogens is 338 g/mol. The number of amides is 2. The molecule has 1 atom stereocenters. The Morgan fingerprint density at radius 3 is 2.26 bits per heavy atom. The molecule has 0 aliphatic carbocycles. The van der Waals surface area contributed by atoms with E-state index >= 15 is 0 Å². The van der Waals surface area contributed by atoms with Crippen molar-refractivity contribution in [3.8, 4) is 0 Å². The summed E-state index contributed by atoms with van der Waals surface area (Å²) in [5, 5.41) is 2.75. The maximum Gasteiger partial charge on any atom is 0.251 e. The van der Waals surface area contributed by atoms with Crippen molar-refractivity contribution in [3.05, 3.63) is 65.7 Å². The van der Waals surface area contributed by atoms with Gasteiger partial charge in [-0.25, -0.2) is 0 Å². The lowest BCUT2D eigenvalue weighted by atomic mass is 10.0. The summed E-state index contributed by atoms with van der Waals surface area (Å²) in [7, 11) is 0. The van der Waals surface area contributed by atoms with Gasteiger partial charge in [0.05, 0.1) is 0 Å². The zero-order valence-corrected chi connectivity index (χ0v) is 16.2. The van der Waals surface area contributed by atoms with Crippen LogP contribution < -0.4 is 16.0 Å². The van der Waals surface area contributed by atoms with E-state index in [4.69, 9.17) is 5.73 Å². The van der Waals surface area contributed by atoms with Gasteiger partial charge in [-0.15, -0.1) is 0 Å². The summed E-state index contributed by atoms with van der Waals surface area (Å²) in [6, 6.07) is 16.3. The zero-order chi connectivity index (χ0) is 19.6. The number of carbonyl (C=O) groups excluding carboxylic acids is 2. The normalized spacial score (nSPS) is 11.6. The fourth-order valence-electron chi connectivity index (χ4n) is 2.96. The molecule has 5 heteroatoms. The highest BCUT2D eigenvalue weighted by Gasteiger charge is 2.19. The summed E-state index contributed by atoms with van der Waals surface area (Å²) >= 11 is 0. The van der Waals surface area contributed by atoms with Crippen LogP contribution in [0.4, 0.5) is 5.69 Å². The van der Waals surface area contributed by atoms with Crippen molar-refractivity contribution in [2.24, 2.45) is 5.73 Å². The van der Waals surface area contributed by atoms with E-state index < -0.39 is 11.9 Å². The third kappa shape index (κ3) is 6.13. The van der Waals surface area contributed by atoms with E-state index in [2.05, 4.69) is 24.1 Å². The van der Waals surface area contributed by atoms with Gasteiger partial charge in [0.25, 0.3) is 5.91 Å². The fourth-order valence-corrected chi connectivity index (χ4v) is 2.96. The lowest BCUT2D eigenvalue weighted by molar-refractivity contribution is -0.119. The lowest BCUT2D eigenvalue weighted by Crippen LogP contribution is -2.45. The Labute approximate surface area is 161 Å². The predicted octanol–water partition coefficient (Wildman–Crippen LogP) is 3.14. The number of nitrogens with zero attached hydrogens (tertiary/aromatic N) is 1. The van der Waals surface area contributed by atoms with Crippen molar-refractivity contribution >= 4 is 17.5 Å². The Hall–Kier alpha value is -2.82. The SMILES string of the molecule is CCCCN(CC)c1ccc(C(=O)NC(Cc2ccccc2)C(N)=O)cc1. The number of hydrogen-bond acceptors (Lipinski definition) is 3. The summed E-state index contributed by atoms with van der Waals surface area (Å²) in [6.07, 6.45) is 2.66. The molecule has 0 aliphatic rings. The topological polar surface area (TPSA) is 75.4 Å². The van der Waals surface area contributed by atoms with Gasteiger partial charge in [-0.3, -0.25) is 9.59 Å². The van der Waals surface area contributed by atoms with Crippen LogP contribution in [-0.2, 0) is 11.2 Å². The molecule has 1 unspecified atom stereocenters. The fraction of sp³-hybridized carbons (Fsp3) is 0.364. The molecule has 144 valence electrons. The number of benzene rings is 2. The minimum Gasteiger partial charge on any atom is -0.372 e. The van der Waals surface area contributed by atoms with Crippen LogP contribution in [-0.4, -0.2) is 30.9 Å². The van der Waals surface area contributed by atoms with Gasteiger partial charge >= 0.3 is 0 Å². The third-order valence-electron chi connectivity index (χ3n) is 4.59. The van der Waals surface area contributed by atoms with Gasteiger partial charge in [0, 0.05) is 30.8 Å². The van der Waals surface area contributed by atoms with Crippen molar-refractivity contribution in [3.63, 3.8) is 0 Å². The van der Waals surface area contributed by atoms with Gasteiger partial charge in [0.2, 0.25) is 5.91 Å². The molecule has 5 nitrogen and oxygen atoms in total. The average Bonchev–Trinajstić information content (AvgIpc) is 2.69. The number of nitrogens with two attached hydrogens (primary N) is 1. The number of rotatable bonds is 10. The summed E-state index contributed by atoms with van der Waals surface area (Å²) < 4.78 is 0. The van der Waals surface area contributed by atoms with Crippen molar-refractivity contribution in [1.29, 1.82) is 0 Å². The minimum absolute atomic E-state index is 0.294. The smallest absolute Gasteiger partial charge is 0.251 e. The first-order chi connectivity index (χ1) is 13.0. The second kappa shape index (κ2) is 10.4. The molecule has 0 fully saturated rings. The molecule has 0 spiro atoms. The molecule has 2 aromatic carbocycles. The Kier molecular flexibility index (Phi) is 7.86. The first kappa shape index (κ1) is 20.5. The Balaban J connectivity index is 2.04. The Morgan fingerprint density at radius 2 is 1.70 bits per heavy atom. The van der Waals surface area contributed by atoms with Crippen LogP contribution in [0.5, 0.6) is 0 Å². The van der Waals surface area contributed by atoms with Crippen molar-refractivity contribution in [1.82, 2.24) is 5.32 Å². The number of anilines is 1. The van der Waals surface area contributed by atoms with Crippen LogP contribution >= 0.6 is 0 Å². The van der Waals surface area contributed by atoms with Crippen LogP contribution in [0, 0.1) is 0 Å². The van der Waals surface area contributed by atoms with E-state index in [0.717, 1.165) is 37.2 Å². The average molecular weight is 367 g/mol. The van der Waals surface area contributed by atoms with Gasteiger partial charge in [-0.05, 0) is 43.2 Å². The molecule has 0 aromatic heterocycles.